The monoisotopic (exact) mass is 448 g/mol. The van der Waals surface area contributed by atoms with Gasteiger partial charge in [0.25, 0.3) is 0 Å². The lowest BCUT2D eigenvalue weighted by molar-refractivity contribution is -0.144. The van der Waals surface area contributed by atoms with Gasteiger partial charge < -0.3 is 13.8 Å². The van der Waals surface area contributed by atoms with Crippen LogP contribution in [0.4, 0.5) is 0 Å². The maximum atomic E-state index is 13.7. The summed E-state index contributed by atoms with van der Waals surface area (Å²) in [5.74, 6) is -0.412. The van der Waals surface area contributed by atoms with E-state index in [4.69, 9.17) is 13.8 Å². The van der Waals surface area contributed by atoms with E-state index in [0.29, 0.717) is 26.2 Å². The number of hydrogen-bond donors (Lipinski definition) is 0. The Hall–Kier alpha value is -0.380. The van der Waals surface area contributed by atoms with Crippen molar-refractivity contribution in [2.24, 2.45) is 0 Å². The maximum Gasteiger partial charge on any atom is 0.344 e. The molecule has 0 aromatic heterocycles. The molecule has 0 aliphatic heterocycles. The highest BCUT2D eigenvalue weighted by Gasteiger charge is 2.42. The molecule has 0 aliphatic carbocycles. The molecule has 0 bridgehead atoms. The van der Waals surface area contributed by atoms with E-state index in [0.717, 1.165) is 89.9 Å². The number of hydrogen-bond acceptors (Lipinski definition) is 5. The molecule has 0 heterocycles. The van der Waals surface area contributed by atoms with Gasteiger partial charge in [-0.25, -0.2) is 0 Å². The van der Waals surface area contributed by atoms with Crippen LogP contribution >= 0.6 is 7.60 Å². The quantitative estimate of drug-likeness (QED) is 0.0952. The molecule has 180 valence electrons. The van der Waals surface area contributed by atoms with Crippen LogP contribution in [-0.4, -0.2) is 31.4 Å². The summed E-state index contributed by atoms with van der Waals surface area (Å²) in [6.45, 7) is 9.66. The SMILES string of the molecule is CCCCCCOC(=O)[C@@H](CCCC)P(=O)(OCCCCCC)OCCCCCC. The minimum absolute atomic E-state index is 0.374. The second kappa shape index (κ2) is 20.5. The molecule has 5 nitrogen and oxygen atoms in total. The molecule has 0 aromatic carbocycles. The summed E-state index contributed by atoms with van der Waals surface area (Å²) in [5.41, 5.74) is -0.805. The minimum Gasteiger partial charge on any atom is -0.465 e. The number of esters is 1. The summed E-state index contributed by atoms with van der Waals surface area (Å²) < 4.78 is 30.9. The Morgan fingerprint density at radius 3 is 1.50 bits per heavy atom. The average molecular weight is 449 g/mol. The zero-order valence-electron chi connectivity index (χ0n) is 20.3. The largest absolute Gasteiger partial charge is 0.465 e. The number of carbonyl (C=O) groups excluding carboxylic acids is 1. The van der Waals surface area contributed by atoms with Crippen LogP contribution in [0, 0.1) is 0 Å². The van der Waals surface area contributed by atoms with Gasteiger partial charge in [-0.2, -0.15) is 0 Å². The van der Waals surface area contributed by atoms with Gasteiger partial charge in [0, 0.05) is 0 Å². The lowest BCUT2D eigenvalue weighted by Crippen LogP contribution is -2.26. The molecule has 30 heavy (non-hydrogen) atoms. The van der Waals surface area contributed by atoms with Gasteiger partial charge in [-0.3, -0.25) is 9.36 Å². The van der Waals surface area contributed by atoms with E-state index in [-0.39, 0.29) is 0 Å². The number of rotatable bonds is 22. The molecule has 0 radical (unpaired) electrons. The van der Waals surface area contributed by atoms with Crippen molar-refractivity contribution in [3.05, 3.63) is 0 Å². The third-order valence-electron chi connectivity index (χ3n) is 5.27. The van der Waals surface area contributed by atoms with Crippen molar-refractivity contribution in [1.82, 2.24) is 0 Å². The highest BCUT2D eigenvalue weighted by atomic mass is 31.2. The van der Waals surface area contributed by atoms with Crippen LogP contribution < -0.4 is 0 Å². The van der Waals surface area contributed by atoms with E-state index in [1.807, 2.05) is 0 Å². The maximum absolute atomic E-state index is 13.7. The summed E-state index contributed by atoms with van der Waals surface area (Å²) in [6, 6.07) is 0. The Kier molecular flexibility index (Phi) is 20.3. The first-order chi connectivity index (χ1) is 14.6. The molecule has 0 fully saturated rings. The van der Waals surface area contributed by atoms with E-state index in [1.54, 1.807) is 0 Å². The zero-order chi connectivity index (χ0) is 22.5. The molecular formula is C24H49O5P. The second-order valence-corrected chi connectivity index (χ2v) is 10.4. The molecule has 0 saturated carbocycles. The van der Waals surface area contributed by atoms with E-state index in [2.05, 4.69) is 27.7 Å². The van der Waals surface area contributed by atoms with Crippen LogP contribution in [0.2, 0.25) is 0 Å². The van der Waals surface area contributed by atoms with Crippen molar-refractivity contribution in [2.45, 2.75) is 130 Å². The van der Waals surface area contributed by atoms with Crippen LogP contribution in [0.1, 0.15) is 124 Å². The van der Waals surface area contributed by atoms with Gasteiger partial charge >= 0.3 is 13.6 Å². The molecule has 1 atom stereocenters. The normalized spacial score (nSPS) is 12.8. The lowest BCUT2D eigenvalue weighted by atomic mass is 10.2. The lowest BCUT2D eigenvalue weighted by Gasteiger charge is -2.26. The van der Waals surface area contributed by atoms with Crippen LogP contribution in [-0.2, 0) is 23.1 Å². The summed E-state index contributed by atoms with van der Waals surface area (Å²) in [6.07, 6.45) is 14.7. The van der Waals surface area contributed by atoms with Crippen molar-refractivity contribution < 1.29 is 23.1 Å². The number of unbranched alkanes of at least 4 members (excludes halogenated alkanes) is 10. The first-order valence-electron chi connectivity index (χ1n) is 12.6. The van der Waals surface area contributed by atoms with Crippen molar-refractivity contribution in [3.8, 4) is 0 Å². The van der Waals surface area contributed by atoms with E-state index >= 15 is 0 Å². The van der Waals surface area contributed by atoms with E-state index in [9.17, 15) is 9.36 Å². The summed E-state index contributed by atoms with van der Waals surface area (Å²) in [7, 11) is -3.55. The fourth-order valence-corrected chi connectivity index (χ4v) is 5.29. The molecule has 0 unspecified atom stereocenters. The topological polar surface area (TPSA) is 61.8 Å². The standard InChI is InChI=1S/C24H49O5P/c1-5-9-13-16-20-27-24(25)23(19-12-8-4)30(26,28-21-17-14-10-6-2)29-22-18-15-11-7-3/h23H,5-22H2,1-4H3/t23-/m1/s1. The first kappa shape index (κ1) is 29.6. The predicted octanol–water partition coefficient (Wildman–Crippen LogP) is 8.06. The third kappa shape index (κ3) is 14.6. The highest BCUT2D eigenvalue weighted by molar-refractivity contribution is 7.55. The fourth-order valence-electron chi connectivity index (χ4n) is 3.26. The Balaban J connectivity index is 4.99. The van der Waals surface area contributed by atoms with Crippen LogP contribution in [0.3, 0.4) is 0 Å². The molecule has 0 N–H and O–H groups in total. The zero-order valence-corrected chi connectivity index (χ0v) is 21.2. The van der Waals surface area contributed by atoms with Crippen LogP contribution in [0.25, 0.3) is 0 Å². The third-order valence-corrected chi connectivity index (χ3v) is 7.58. The van der Waals surface area contributed by atoms with Crippen LogP contribution in [0.5, 0.6) is 0 Å². The molecular weight excluding hydrogens is 399 g/mol. The Morgan fingerprint density at radius 2 is 1.07 bits per heavy atom. The fraction of sp³-hybridized carbons (Fsp3) is 0.958. The van der Waals surface area contributed by atoms with Crippen molar-refractivity contribution in [2.75, 3.05) is 19.8 Å². The minimum atomic E-state index is -3.55. The molecule has 0 rings (SSSR count). The van der Waals surface area contributed by atoms with E-state index in [1.165, 1.54) is 0 Å². The molecule has 0 spiro atoms. The van der Waals surface area contributed by atoms with Crippen molar-refractivity contribution in [3.63, 3.8) is 0 Å². The van der Waals surface area contributed by atoms with Gasteiger partial charge in [-0.05, 0) is 25.7 Å². The predicted molar refractivity (Wildman–Crippen MR) is 126 cm³/mol. The Bertz CT molecular complexity index is 423. The van der Waals surface area contributed by atoms with Gasteiger partial charge in [0.15, 0.2) is 5.66 Å². The van der Waals surface area contributed by atoms with Gasteiger partial charge in [0.05, 0.1) is 19.8 Å². The summed E-state index contributed by atoms with van der Waals surface area (Å²) in [4.78, 5) is 12.8. The molecule has 6 heteroatoms. The Morgan fingerprint density at radius 1 is 0.633 bits per heavy atom. The molecule has 0 aromatic rings. The Labute approximate surface area is 186 Å². The van der Waals surface area contributed by atoms with Gasteiger partial charge in [0.2, 0.25) is 0 Å². The summed E-state index contributed by atoms with van der Waals surface area (Å²) in [5, 5.41) is 0. The molecule has 0 saturated heterocycles. The van der Waals surface area contributed by atoms with Crippen LogP contribution in [0.15, 0.2) is 0 Å². The first-order valence-corrected chi connectivity index (χ1v) is 14.2. The number of carbonyl (C=O) groups is 1. The average Bonchev–Trinajstić information content (AvgIpc) is 2.73. The highest BCUT2D eigenvalue weighted by Crippen LogP contribution is 2.55. The second-order valence-electron chi connectivity index (χ2n) is 8.21. The van der Waals surface area contributed by atoms with Gasteiger partial charge in [0.1, 0.15) is 0 Å². The number of ether oxygens (including phenoxy) is 1. The van der Waals surface area contributed by atoms with Gasteiger partial charge in [-0.1, -0.05) is 98.3 Å². The van der Waals surface area contributed by atoms with Gasteiger partial charge in [-0.15, -0.1) is 0 Å². The smallest absolute Gasteiger partial charge is 0.344 e. The summed E-state index contributed by atoms with van der Waals surface area (Å²) >= 11 is 0. The molecule has 0 aliphatic rings. The van der Waals surface area contributed by atoms with E-state index < -0.39 is 19.2 Å². The molecule has 0 amide bonds. The van der Waals surface area contributed by atoms with Crippen molar-refractivity contribution in [1.29, 1.82) is 0 Å². The van der Waals surface area contributed by atoms with Crippen molar-refractivity contribution >= 4 is 13.6 Å².